The lowest BCUT2D eigenvalue weighted by molar-refractivity contribution is -0.384. The first-order valence-electron chi connectivity index (χ1n) is 5.10. The highest BCUT2D eigenvalue weighted by molar-refractivity contribution is 7.98. The van der Waals surface area contributed by atoms with Gasteiger partial charge in [-0.2, -0.15) is 0 Å². The van der Waals surface area contributed by atoms with E-state index in [0.29, 0.717) is 23.6 Å². The summed E-state index contributed by atoms with van der Waals surface area (Å²) < 4.78 is 5.22. The van der Waals surface area contributed by atoms with Gasteiger partial charge in [0.25, 0.3) is 5.69 Å². The number of hydrogen-bond acceptors (Lipinski definition) is 5. The van der Waals surface area contributed by atoms with Gasteiger partial charge < -0.3 is 4.42 Å². The predicted octanol–water partition coefficient (Wildman–Crippen LogP) is 3.29. The lowest BCUT2D eigenvalue weighted by Crippen LogP contribution is -1.86. The number of thioether (sulfide) groups is 1. The number of furan rings is 1. The number of nitro groups is 1. The summed E-state index contributed by atoms with van der Waals surface area (Å²) in [4.78, 5) is 21.4. The molecule has 92 valence electrons. The second-order valence-electron chi connectivity index (χ2n) is 3.46. The average molecular weight is 263 g/mol. The van der Waals surface area contributed by atoms with Crippen LogP contribution < -0.4 is 0 Å². The number of aldehydes is 1. The summed E-state index contributed by atoms with van der Waals surface area (Å²) >= 11 is 1.49. The van der Waals surface area contributed by atoms with Crippen LogP contribution >= 0.6 is 11.8 Å². The van der Waals surface area contributed by atoms with Crippen LogP contribution in [0.1, 0.15) is 16.3 Å². The molecule has 6 heteroatoms. The van der Waals surface area contributed by atoms with Crippen molar-refractivity contribution in [3.63, 3.8) is 0 Å². The monoisotopic (exact) mass is 263 g/mol. The van der Waals surface area contributed by atoms with Crippen molar-refractivity contribution in [1.29, 1.82) is 0 Å². The van der Waals surface area contributed by atoms with Crippen molar-refractivity contribution in [3.05, 3.63) is 58.0 Å². The molecule has 5 nitrogen and oxygen atoms in total. The van der Waals surface area contributed by atoms with Crippen molar-refractivity contribution in [2.45, 2.75) is 10.6 Å². The Bertz CT molecular complexity index is 562. The minimum atomic E-state index is -0.433. The van der Waals surface area contributed by atoms with Crippen molar-refractivity contribution in [2.75, 3.05) is 0 Å². The van der Waals surface area contributed by atoms with Gasteiger partial charge in [-0.25, -0.2) is 0 Å². The van der Waals surface area contributed by atoms with E-state index in [0.717, 1.165) is 4.90 Å². The topological polar surface area (TPSA) is 73.3 Å². The van der Waals surface area contributed by atoms with Gasteiger partial charge >= 0.3 is 0 Å². The van der Waals surface area contributed by atoms with Crippen molar-refractivity contribution < 1.29 is 14.1 Å². The molecule has 0 spiro atoms. The molecule has 2 rings (SSSR count). The molecule has 0 atom stereocenters. The SMILES string of the molecule is O=Cc1ccc(CSc2ccc([N+](=O)[O-])cc2)o1. The first-order chi connectivity index (χ1) is 8.69. The van der Waals surface area contributed by atoms with Crippen LogP contribution in [0.3, 0.4) is 0 Å². The summed E-state index contributed by atoms with van der Waals surface area (Å²) in [6.07, 6.45) is 0.653. The maximum absolute atomic E-state index is 10.5. The first-order valence-corrected chi connectivity index (χ1v) is 6.09. The second-order valence-corrected chi connectivity index (χ2v) is 4.51. The van der Waals surface area contributed by atoms with Crippen LogP contribution in [0.15, 0.2) is 45.7 Å². The van der Waals surface area contributed by atoms with E-state index >= 15 is 0 Å². The van der Waals surface area contributed by atoms with Gasteiger partial charge in [0.15, 0.2) is 12.0 Å². The number of carbonyl (C=O) groups excluding carboxylic acids is 1. The molecule has 0 unspecified atom stereocenters. The summed E-state index contributed by atoms with van der Waals surface area (Å²) in [5.74, 6) is 1.57. The van der Waals surface area contributed by atoms with Crippen LogP contribution in [-0.2, 0) is 5.75 Å². The van der Waals surface area contributed by atoms with E-state index in [1.54, 1.807) is 24.3 Å². The molecule has 0 N–H and O–H groups in total. The fourth-order valence-electron chi connectivity index (χ4n) is 1.35. The van der Waals surface area contributed by atoms with Gasteiger partial charge in [-0.05, 0) is 24.3 Å². The fourth-order valence-corrected chi connectivity index (χ4v) is 2.15. The third-order valence-corrected chi connectivity index (χ3v) is 3.26. The maximum Gasteiger partial charge on any atom is 0.269 e. The standard InChI is InChI=1S/C12H9NO4S/c14-7-10-3-4-11(17-10)8-18-12-5-1-9(2-6-12)13(15)16/h1-7H,8H2. The average Bonchev–Trinajstić information content (AvgIpc) is 2.85. The van der Waals surface area contributed by atoms with Crippen LogP contribution in [0.25, 0.3) is 0 Å². The van der Waals surface area contributed by atoms with Crippen molar-refractivity contribution in [3.8, 4) is 0 Å². The Morgan fingerprint density at radius 1 is 1.22 bits per heavy atom. The van der Waals surface area contributed by atoms with Crippen LogP contribution in [0.4, 0.5) is 5.69 Å². The number of non-ortho nitro benzene ring substituents is 1. The van der Waals surface area contributed by atoms with Gasteiger partial charge in [0, 0.05) is 17.0 Å². The Morgan fingerprint density at radius 2 is 1.94 bits per heavy atom. The maximum atomic E-state index is 10.5. The Hall–Kier alpha value is -2.08. The van der Waals surface area contributed by atoms with E-state index in [2.05, 4.69) is 0 Å². The summed E-state index contributed by atoms with van der Waals surface area (Å²) in [5.41, 5.74) is 0.0700. The summed E-state index contributed by atoms with van der Waals surface area (Å²) in [6.45, 7) is 0. The zero-order valence-corrected chi connectivity index (χ0v) is 10.1. The molecule has 0 aliphatic heterocycles. The molecule has 0 saturated heterocycles. The van der Waals surface area contributed by atoms with Crippen molar-refractivity contribution in [2.24, 2.45) is 0 Å². The Kier molecular flexibility index (Phi) is 3.78. The minimum Gasteiger partial charge on any atom is -0.457 e. The van der Waals surface area contributed by atoms with Crippen molar-refractivity contribution in [1.82, 2.24) is 0 Å². The minimum absolute atomic E-state index is 0.0700. The second kappa shape index (κ2) is 5.50. The van der Waals surface area contributed by atoms with Gasteiger partial charge in [-0.3, -0.25) is 14.9 Å². The Balaban J connectivity index is 1.97. The highest BCUT2D eigenvalue weighted by atomic mass is 32.2. The smallest absolute Gasteiger partial charge is 0.269 e. The number of nitro benzene ring substituents is 1. The molecule has 0 radical (unpaired) electrons. The quantitative estimate of drug-likeness (QED) is 0.358. The number of rotatable bonds is 5. The molecular formula is C12H9NO4S. The summed E-state index contributed by atoms with van der Waals surface area (Å²) in [7, 11) is 0. The van der Waals surface area contributed by atoms with Gasteiger partial charge in [0.1, 0.15) is 5.76 Å². The van der Waals surface area contributed by atoms with Crippen molar-refractivity contribution >= 4 is 23.7 Å². The summed E-state index contributed by atoms with van der Waals surface area (Å²) in [6, 6.07) is 9.64. The van der Waals surface area contributed by atoms with Crippen LogP contribution in [0, 0.1) is 10.1 Å². The molecule has 18 heavy (non-hydrogen) atoms. The number of nitrogens with zero attached hydrogens (tertiary/aromatic N) is 1. The molecule has 0 aliphatic rings. The molecule has 1 aromatic heterocycles. The molecule has 0 saturated carbocycles. The van der Waals surface area contributed by atoms with Gasteiger partial charge in [0.2, 0.25) is 0 Å². The molecule has 2 aromatic rings. The molecule has 0 aliphatic carbocycles. The first kappa shape index (κ1) is 12.4. The molecule has 0 fully saturated rings. The molecular weight excluding hydrogens is 254 g/mol. The normalized spacial score (nSPS) is 10.2. The van der Waals surface area contributed by atoms with E-state index in [9.17, 15) is 14.9 Å². The molecule has 1 heterocycles. The molecule has 0 bridgehead atoms. The lowest BCUT2D eigenvalue weighted by Gasteiger charge is -1.98. The van der Waals surface area contributed by atoms with E-state index in [1.807, 2.05) is 0 Å². The third-order valence-electron chi connectivity index (χ3n) is 2.23. The van der Waals surface area contributed by atoms with E-state index in [-0.39, 0.29) is 5.69 Å². The Morgan fingerprint density at radius 3 is 2.50 bits per heavy atom. The van der Waals surface area contributed by atoms with Crippen LogP contribution in [0.2, 0.25) is 0 Å². The number of hydrogen-bond donors (Lipinski definition) is 0. The van der Waals surface area contributed by atoms with Crippen LogP contribution in [0.5, 0.6) is 0 Å². The van der Waals surface area contributed by atoms with Gasteiger partial charge in [-0.1, -0.05) is 0 Å². The highest BCUT2D eigenvalue weighted by Gasteiger charge is 2.05. The number of benzene rings is 1. The fraction of sp³-hybridized carbons (Fsp3) is 0.0833. The largest absolute Gasteiger partial charge is 0.457 e. The lowest BCUT2D eigenvalue weighted by atomic mass is 10.3. The highest BCUT2D eigenvalue weighted by Crippen LogP contribution is 2.25. The van der Waals surface area contributed by atoms with E-state index in [4.69, 9.17) is 4.42 Å². The molecule has 1 aromatic carbocycles. The number of carbonyl (C=O) groups is 1. The Labute approximate surface area is 107 Å². The third kappa shape index (κ3) is 2.98. The van der Waals surface area contributed by atoms with Crippen LogP contribution in [-0.4, -0.2) is 11.2 Å². The van der Waals surface area contributed by atoms with Gasteiger partial charge in [0.05, 0.1) is 10.7 Å². The molecule has 0 amide bonds. The zero-order chi connectivity index (χ0) is 13.0. The zero-order valence-electron chi connectivity index (χ0n) is 9.24. The summed E-state index contributed by atoms with van der Waals surface area (Å²) in [5, 5.41) is 10.5. The predicted molar refractivity (Wildman–Crippen MR) is 66.8 cm³/mol. The van der Waals surface area contributed by atoms with E-state index in [1.165, 1.54) is 23.9 Å². The van der Waals surface area contributed by atoms with Gasteiger partial charge in [-0.15, -0.1) is 11.8 Å². The van der Waals surface area contributed by atoms with E-state index < -0.39 is 4.92 Å².